The Balaban J connectivity index is 1.15. The topological polar surface area (TPSA) is 65.1 Å². The molecule has 0 radical (unpaired) electrons. The van der Waals surface area contributed by atoms with Crippen LogP contribution in [0.4, 0.5) is 15.3 Å². The van der Waals surface area contributed by atoms with Gasteiger partial charge in [-0.3, -0.25) is 4.90 Å². The minimum Gasteiger partial charge on any atom is -0.440 e. The van der Waals surface area contributed by atoms with Crippen molar-refractivity contribution in [2.75, 3.05) is 38.0 Å². The molecule has 4 fully saturated rings. The molecule has 216 valence electrons. The first-order chi connectivity index (χ1) is 18.9. The average molecular weight is 539 g/mol. The number of nitrogens with zero attached hydrogens (tertiary/aromatic N) is 3. The Morgan fingerprint density at radius 2 is 1.67 bits per heavy atom. The summed E-state index contributed by atoms with van der Waals surface area (Å²) in [5, 5.41) is 3.15. The number of aryl methyl sites for hydroxylation is 2. The van der Waals surface area contributed by atoms with E-state index in [-0.39, 0.29) is 23.8 Å². The molecule has 1 spiro atoms. The fraction of sp³-hybridized carbons (Fsp3) is 0.750. The molecule has 1 N–H and O–H groups in total. The van der Waals surface area contributed by atoms with Gasteiger partial charge in [-0.2, -0.15) is 0 Å². The number of amides is 3. The predicted octanol–water partition coefficient (Wildman–Crippen LogP) is 6.73. The van der Waals surface area contributed by atoms with Crippen molar-refractivity contribution in [2.45, 2.75) is 116 Å². The number of ether oxygens (including phenoxy) is 1. The van der Waals surface area contributed by atoms with Crippen LogP contribution < -0.4 is 5.32 Å². The van der Waals surface area contributed by atoms with Crippen LogP contribution in [0.1, 0.15) is 95.1 Å². The van der Waals surface area contributed by atoms with Gasteiger partial charge in [0, 0.05) is 57.3 Å². The van der Waals surface area contributed by atoms with Crippen LogP contribution in [0.2, 0.25) is 0 Å². The molecule has 1 atom stereocenters. The van der Waals surface area contributed by atoms with Crippen LogP contribution in [0.15, 0.2) is 18.2 Å². The molecule has 39 heavy (non-hydrogen) atoms. The highest BCUT2D eigenvalue weighted by Crippen LogP contribution is 2.43. The first kappa shape index (κ1) is 28.3. The number of benzene rings is 1. The second kappa shape index (κ2) is 12.5. The van der Waals surface area contributed by atoms with E-state index >= 15 is 0 Å². The van der Waals surface area contributed by atoms with Crippen molar-refractivity contribution in [3.63, 3.8) is 0 Å². The Bertz CT molecular complexity index is 971. The van der Waals surface area contributed by atoms with Crippen molar-refractivity contribution in [2.24, 2.45) is 5.92 Å². The minimum absolute atomic E-state index is 0.0122. The van der Waals surface area contributed by atoms with Crippen LogP contribution in [-0.2, 0) is 4.74 Å². The van der Waals surface area contributed by atoms with Crippen LogP contribution >= 0.6 is 0 Å². The first-order valence-electron chi connectivity index (χ1n) is 15.8. The zero-order valence-electron chi connectivity index (χ0n) is 24.6. The Kier molecular flexibility index (Phi) is 9.05. The molecule has 5 rings (SSSR count). The molecule has 3 amide bonds. The largest absolute Gasteiger partial charge is 0.440 e. The highest BCUT2D eigenvalue weighted by atomic mass is 16.6. The van der Waals surface area contributed by atoms with E-state index in [2.05, 4.69) is 22.0 Å². The summed E-state index contributed by atoms with van der Waals surface area (Å²) in [5.74, 6) is 0.641. The van der Waals surface area contributed by atoms with Gasteiger partial charge in [-0.25, -0.2) is 9.59 Å². The number of likely N-dealkylation sites (tertiary alicyclic amines) is 2. The maximum absolute atomic E-state index is 13.2. The third-order valence-corrected chi connectivity index (χ3v) is 10.1. The number of carbonyl (C=O) groups excluding carboxylic acids is 2. The molecule has 1 aromatic carbocycles. The molecular weight excluding hydrogens is 488 g/mol. The van der Waals surface area contributed by atoms with Gasteiger partial charge in [0.1, 0.15) is 5.60 Å². The molecule has 3 aliphatic heterocycles. The van der Waals surface area contributed by atoms with E-state index in [1.807, 2.05) is 36.9 Å². The summed E-state index contributed by atoms with van der Waals surface area (Å²) in [5.41, 5.74) is 2.82. The maximum atomic E-state index is 13.2. The number of carbonyl (C=O) groups is 2. The number of anilines is 1. The standard InChI is InChI=1S/C32H50N4O3/c1-4-5-14-28-32(39-31(38)36(28)23-26-12-7-6-8-13-26)17-21-34(22-18-32)27-15-19-35(20-16-27)30(37)33-29-24(2)10-9-11-25(29)3/h9-11,26-28H,4-8,12-23H2,1-3H3,(H,33,37). The zero-order valence-corrected chi connectivity index (χ0v) is 24.6. The number of urea groups is 1. The Morgan fingerprint density at radius 1 is 1.00 bits per heavy atom. The second-order valence-corrected chi connectivity index (χ2v) is 12.7. The molecule has 1 aromatic rings. The maximum Gasteiger partial charge on any atom is 0.410 e. The molecule has 3 saturated heterocycles. The third kappa shape index (κ3) is 6.23. The first-order valence-corrected chi connectivity index (χ1v) is 15.8. The Labute approximate surface area is 235 Å². The third-order valence-electron chi connectivity index (χ3n) is 10.1. The van der Waals surface area contributed by atoms with Crippen LogP contribution in [-0.4, -0.2) is 77.2 Å². The second-order valence-electron chi connectivity index (χ2n) is 12.7. The van der Waals surface area contributed by atoms with E-state index in [0.29, 0.717) is 12.0 Å². The van der Waals surface area contributed by atoms with Crippen molar-refractivity contribution < 1.29 is 14.3 Å². The molecule has 3 heterocycles. The van der Waals surface area contributed by atoms with Gasteiger partial charge in [-0.1, -0.05) is 57.2 Å². The normalized spacial score (nSPS) is 24.8. The van der Waals surface area contributed by atoms with E-state index in [1.165, 1.54) is 32.1 Å². The van der Waals surface area contributed by atoms with E-state index in [4.69, 9.17) is 4.74 Å². The summed E-state index contributed by atoms with van der Waals surface area (Å²) in [7, 11) is 0. The molecular formula is C32H50N4O3. The molecule has 0 bridgehead atoms. The van der Waals surface area contributed by atoms with Gasteiger partial charge in [0.2, 0.25) is 0 Å². The summed E-state index contributed by atoms with van der Waals surface area (Å²) >= 11 is 0. The van der Waals surface area contributed by atoms with Gasteiger partial charge < -0.3 is 19.9 Å². The molecule has 1 aliphatic carbocycles. The predicted molar refractivity (Wildman–Crippen MR) is 156 cm³/mol. The van der Waals surface area contributed by atoms with Gasteiger partial charge in [0.05, 0.1) is 6.04 Å². The number of piperidine rings is 2. The van der Waals surface area contributed by atoms with Crippen LogP contribution in [0.3, 0.4) is 0 Å². The van der Waals surface area contributed by atoms with Gasteiger partial charge >= 0.3 is 12.1 Å². The summed E-state index contributed by atoms with van der Waals surface area (Å²) in [4.78, 5) is 32.9. The fourth-order valence-electron chi connectivity index (χ4n) is 7.71. The fourth-order valence-corrected chi connectivity index (χ4v) is 7.71. The van der Waals surface area contributed by atoms with Crippen molar-refractivity contribution >= 4 is 17.8 Å². The average Bonchev–Trinajstić information content (AvgIpc) is 3.19. The molecule has 7 heteroatoms. The van der Waals surface area contributed by atoms with Crippen molar-refractivity contribution in [3.8, 4) is 0 Å². The molecule has 1 saturated carbocycles. The van der Waals surface area contributed by atoms with Gasteiger partial charge in [-0.15, -0.1) is 0 Å². The van der Waals surface area contributed by atoms with Crippen molar-refractivity contribution in [1.29, 1.82) is 0 Å². The van der Waals surface area contributed by atoms with Gasteiger partial charge in [0.25, 0.3) is 0 Å². The van der Waals surface area contributed by atoms with Crippen molar-refractivity contribution in [3.05, 3.63) is 29.3 Å². The lowest BCUT2D eigenvalue weighted by atomic mass is 9.80. The summed E-state index contributed by atoms with van der Waals surface area (Å²) in [6.07, 6.45) is 13.6. The molecule has 4 aliphatic rings. The minimum atomic E-state index is -0.316. The monoisotopic (exact) mass is 538 g/mol. The van der Waals surface area contributed by atoms with Gasteiger partial charge in [-0.05, 0) is 63.0 Å². The number of hydrogen-bond acceptors (Lipinski definition) is 4. The highest BCUT2D eigenvalue weighted by molar-refractivity contribution is 5.91. The molecule has 0 aromatic heterocycles. The van der Waals surface area contributed by atoms with E-state index < -0.39 is 0 Å². The van der Waals surface area contributed by atoms with E-state index in [0.717, 1.165) is 94.5 Å². The Hall–Kier alpha value is -2.28. The number of unbranched alkanes of at least 4 members (excludes halogenated alkanes) is 1. The Morgan fingerprint density at radius 3 is 2.31 bits per heavy atom. The van der Waals surface area contributed by atoms with E-state index in [1.54, 1.807) is 0 Å². The summed E-state index contributed by atoms with van der Waals surface area (Å²) < 4.78 is 6.31. The lowest BCUT2D eigenvalue weighted by molar-refractivity contribution is -0.0381. The zero-order chi connectivity index (χ0) is 27.4. The van der Waals surface area contributed by atoms with Gasteiger partial charge in [0.15, 0.2) is 0 Å². The van der Waals surface area contributed by atoms with Crippen LogP contribution in [0.25, 0.3) is 0 Å². The summed E-state index contributed by atoms with van der Waals surface area (Å²) in [6.45, 7) is 10.7. The quantitative estimate of drug-likeness (QED) is 0.418. The number of rotatable bonds is 7. The number of para-hydroxylation sites is 1. The molecule has 1 unspecified atom stereocenters. The molecule has 7 nitrogen and oxygen atoms in total. The van der Waals surface area contributed by atoms with Crippen LogP contribution in [0, 0.1) is 19.8 Å². The van der Waals surface area contributed by atoms with Crippen LogP contribution in [0.5, 0.6) is 0 Å². The van der Waals surface area contributed by atoms with Crippen molar-refractivity contribution in [1.82, 2.24) is 14.7 Å². The highest BCUT2D eigenvalue weighted by Gasteiger charge is 2.55. The summed E-state index contributed by atoms with van der Waals surface area (Å²) in [6, 6.07) is 6.85. The van der Waals surface area contributed by atoms with E-state index in [9.17, 15) is 9.59 Å². The SMILES string of the molecule is CCCCC1N(CC2CCCCC2)C(=O)OC12CCN(C1CCN(C(=O)Nc3c(C)cccc3C)CC1)CC2. The number of nitrogens with one attached hydrogen (secondary N) is 1. The smallest absolute Gasteiger partial charge is 0.410 e. The number of hydrogen-bond donors (Lipinski definition) is 1. The lowest BCUT2D eigenvalue weighted by Crippen LogP contribution is -2.56. The lowest BCUT2D eigenvalue weighted by Gasteiger charge is -2.46.